The topological polar surface area (TPSA) is 54.5 Å². The van der Waals surface area contributed by atoms with E-state index in [0.717, 1.165) is 30.0 Å². The summed E-state index contributed by atoms with van der Waals surface area (Å²) in [5.41, 5.74) is 1.67. The number of aromatic nitrogens is 1. The Balaban J connectivity index is 1.92. The van der Waals surface area contributed by atoms with Crippen LogP contribution >= 0.6 is 0 Å². The fourth-order valence-corrected chi connectivity index (χ4v) is 2.47. The fraction of sp³-hybridized carbons (Fsp3) is 0.625. The fourth-order valence-electron chi connectivity index (χ4n) is 2.47. The Hall–Kier alpha value is -1.78. The van der Waals surface area contributed by atoms with Gasteiger partial charge >= 0.3 is 6.09 Å². The van der Waals surface area contributed by atoms with Crippen LogP contribution in [0.5, 0.6) is 0 Å². The van der Waals surface area contributed by atoms with E-state index in [1.54, 1.807) is 0 Å². The summed E-state index contributed by atoms with van der Waals surface area (Å²) in [5.74, 6) is 1.06. The zero-order valence-corrected chi connectivity index (χ0v) is 13.4. The largest absolute Gasteiger partial charge is 0.444 e. The number of hydrogen-bond acceptors (Lipinski definition) is 4. The van der Waals surface area contributed by atoms with Crippen molar-refractivity contribution in [2.24, 2.45) is 0 Å². The summed E-state index contributed by atoms with van der Waals surface area (Å²) in [4.78, 5) is 18.5. The quantitative estimate of drug-likeness (QED) is 0.930. The lowest BCUT2D eigenvalue weighted by Gasteiger charge is -2.20. The molecule has 2 rings (SSSR count). The van der Waals surface area contributed by atoms with Crippen molar-refractivity contribution in [1.29, 1.82) is 0 Å². The molecule has 21 heavy (non-hydrogen) atoms. The van der Waals surface area contributed by atoms with Gasteiger partial charge in [-0.15, -0.1) is 0 Å². The van der Waals surface area contributed by atoms with E-state index in [1.807, 2.05) is 27.0 Å². The van der Waals surface area contributed by atoms with Gasteiger partial charge in [0.05, 0.1) is 0 Å². The van der Waals surface area contributed by atoms with Crippen LogP contribution in [0, 0.1) is 6.92 Å². The van der Waals surface area contributed by atoms with Crippen molar-refractivity contribution in [3.8, 4) is 0 Å². The summed E-state index contributed by atoms with van der Waals surface area (Å²) < 4.78 is 5.22. The van der Waals surface area contributed by atoms with E-state index >= 15 is 0 Å². The summed E-state index contributed by atoms with van der Waals surface area (Å²) in [7, 11) is 0. The number of nitrogens with zero attached hydrogens (tertiary/aromatic N) is 2. The van der Waals surface area contributed by atoms with Crippen LogP contribution in [-0.2, 0) is 11.3 Å². The first kappa shape index (κ1) is 15.6. The molecule has 0 saturated carbocycles. The zero-order valence-electron chi connectivity index (χ0n) is 13.4. The third kappa shape index (κ3) is 4.62. The maximum absolute atomic E-state index is 11.6. The number of carbonyl (C=O) groups is 1. The van der Waals surface area contributed by atoms with E-state index in [-0.39, 0.29) is 0 Å². The zero-order chi connectivity index (χ0) is 15.5. The van der Waals surface area contributed by atoms with Crippen molar-refractivity contribution in [2.45, 2.75) is 52.7 Å². The number of hydrogen-bond donors (Lipinski definition) is 1. The molecule has 1 aliphatic heterocycles. The molecule has 1 amide bonds. The maximum Gasteiger partial charge on any atom is 0.407 e. The summed E-state index contributed by atoms with van der Waals surface area (Å²) in [6, 6.07) is 2.08. The van der Waals surface area contributed by atoms with Crippen molar-refractivity contribution < 1.29 is 9.53 Å². The first-order valence-electron chi connectivity index (χ1n) is 7.52. The molecule has 0 bridgehead atoms. The number of ether oxygens (including phenoxy) is 1. The van der Waals surface area contributed by atoms with Crippen LogP contribution in [0.25, 0.3) is 0 Å². The second-order valence-electron chi connectivity index (χ2n) is 6.53. The van der Waals surface area contributed by atoms with Crippen LogP contribution in [0.2, 0.25) is 0 Å². The number of pyridine rings is 1. The number of amides is 1. The molecule has 1 aromatic heterocycles. The molecule has 0 aliphatic carbocycles. The van der Waals surface area contributed by atoms with Crippen LogP contribution in [0.4, 0.5) is 10.6 Å². The van der Waals surface area contributed by atoms with Crippen LogP contribution < -0.4 is 10.2 Å². The minimum Gasteiger partial charge on any atom is -0.444 e. The maximum atomic E-state index is 11.6. The van der Waals surface area contributed by atoms with E-state index in [9.17, 15) is 4.79 Å². The highest BCUT2D eigenvalue weighted by Gasteiger charge is 2.17. The summed E-state index contributed by atoms with van der Waals surface area (Å²) in [6.07, 6.45) is 3.91. The molecule has 1 aromatic rings. The van der Waals surface area contributed by atoms with Gasteiger partial charge in [-0.1, -0.05) is 0 Å². The van der Waals surface area contributed by atoms with Gasteiger partial charge in [-0.3, -0.25) is 0 Å². The van der Waals surface area contributed by atoms with Gasteiger partial charge < -0.3 is 15.0 Å². The first-order chi connectivity index (χ1) is 9.85. The number of nitrogens with one attached hydrogen (secondary N) is 1. The highest BCUT2D eigenvalue weighted by Crippen LogP contribution is 2.22. The second kappa shape index (κ2) is 6.33. The van der Waals surface area contributed by atoms with Gasteiger partial charge in [-0.25, -0.2) is 9.78 Å². The minimum absolute atomic E-state index is 0.399. The molecule has 1 saturated heterocycles. The smallest absolute Gasteiger partial charge is 0.407 e. The molecule has 5 nitrogen and oxygen atoms in total. The average Bonchev–Trinajstić information content (AvgIpc) is 2.88. The monoisotopic (exact) mass is 291 g/mol. The average molecular weight is 291 g/mol. The Morgan fingerprint density at radius 1 is 1.38 bits per heavy atom. The van der Waals surface area contributed by atoms with Gasteiger partial charge in [0, 0.05) is 25.8 Å². The minimum atomic E-state index is -0.474. The van der Waals surface area contributed by atoms with Crippen LogP contribution in [0.1, 0.15) is 44.7 Å². The van der Waals surface area contributed by atoms with Gasteiger partial charge in [0.1, 0.15) is 11.4 Å². The number of alkyl carbamates (subject to hydrolysis) is 1. The lowest BCUT2D eigenvalue weighted by atomic mass is 10.2. The van der Waals surface area contributed by atoms with Gasteiger partial charge in [0.15, 0.2) is 0 Å². The molecule has 1 N–H and O–H groups in total. The number of aryl methyl sites for hydroxylation is 1. The van der Waals surface area contributed by atoms with E-state index in [0.29, 0.717) is 6.54 Å². The summed E-state index contributed by atoms with van der Waals surface area (Å²) in [6.45, 7) is 10.2. The molecule has 2 heterocycles. The summed E-state index contributed by atoms with van der Waals surface area (Å²) >= 11 is 0. The lowest BCUT2D eigenvalue weighted by molar-refractivity contribution is 0.0523. The summed E-state index contributed by atoms with van der Waals surface area (Å²) in [5, 5.41) is 2.76. The Morgan fingerprint density at radius 3 is 2.62 bits per heavy atom. The second-order valence-corrected chi connectivity index (χ2v) is 6.53. The molecule has 0 radical (unpaired) electrons. The third-order valence-corrected chi connectivity index (χ3v) is 3.35. The Labute approximate surface area is 126 Å². The van der Waals surface area contributed by atoms with Gasteiger partial charge in [-0.2, -0.15) is 0 Å². The van der Waals surface area contributed by atoms with E-state index in [4.69, 9.17) is 4.74 Å². The molecule has 0 atom stereocenters. The van der Waals surface area contributed by atoms with Crippen molar-refractivity contribution >= 4 is 11.9 Å². The van der Waals surface area contributed by atoms with Crippen molar-refractivity contribution in [2.75, 3.05) is 18.0 Å². The van der Waals surface area contributed by atoms with E-state index in [2.05, 4.69) is 28.2 Å². The van der Waals surface area contributed by atoms with E-state index in [1.165, 1.54) is 12.8 Å². The van der Waals surface area contributed by atoms with Gasteiger partial charge in [-0.05, 0) is 57.7 Å². The highest BCUT2D eigenvalue weighted by atomic mass is 16.6. The first-order valence-corrected chi connectivity index (χ1v) is 7.52. The molecule has 1 fully saturated rings. The SMILES string of the molecule is Cc1cc(CNC(=O)OC(C)(C)C)cnc1N1CCCC1. The number of carbonyl (C=O) groups excluding carboxylic acids is 1. The van der Waals surface area contributed by atoms with Crippen molar-refractivity contribution in [3.63, 3.8) is 0 Å². The molecule has 0 aromatic carbocycles. The molecular weight excluding hydrogens is 266 g/mol. The lowest BCUT2D eigenvalue weighted by Crippen LogP contribution is -2.32. The van der Waals surface area contributed by atoms with Crippen LogP contribution in [-0.4, -0.2) is 29.8 Å². The Morgan fingerprint density at radius 2 is 2.05 bits per heavy atom. The molecule has 5 heteroatoms. The van der Waals surface area contributed by atoms with Gasteiger partial charge in [0.2, 0.25) is 0 Å². The van der Waals surface area contributed by atoms with Crippen molar-refractivity contribution in [3.05, 3.63) is 23.4 Å². The normalized spacial score (nSPS) is 15.1. The predicted octanol–water partition coefficient (Wildman–Crippen LogP) is 3.01. The van der Waals surface area contributed by atoms with Crippen LogP contribution in [0.15, 0.2) is 12.3 Å². The Bertz CT molecular complexity index is 503. The van der Waals surface area contributed by atoms with Gasteiger partial charge in [0.25, 0.3) is 0 Å². The Kier molecular flexibility index (Phi) is 4.70. The van der Waals surface area contributed by atoms with Crippen molar-refractivity contribution in [1.82, 2.24) is 10.3 Å². The number of rotatable bonds is 3. The number of anilines is 1. The predicted molar refractivity (Wildman–Crippen MR) is 83.5 cm³/mol. The third-order valence-electron chi connectivity index (χ3n) is 3.35. The van der Waals surface area contributed by atoms with Crippen LogP contribution in [0.3, 0.4) is 0 Å². The standard InChI is InChI=1S/C16H25N3O2/c1-12-9-13(11-18-15(20)21-16(2,3)4)10-17-14(12)19-7-5-6-8-19/h9-10H,5-8,11H2,1-4H3,(H,18,20). The highest BCUT2D eigenvalue weighted by molar-refractivity contribution is 5.67. The molecule has 116 valence electrons. The molecule has 1 aliphatic rings. The molecular formula is C16H25N3O2. The molecule has 0 spiro atoms. The molecule has 0 unspecified atom stereocenters. The van der Waals surface area contributed by atoms with E-state index < -0.39 is 11.7 Å².